The molecule has 94 valence electrons. The van der Waals surface area contributed by atoms with E-state index >= 15 is 0 Å². The molecule has 0 aliphatic heterocycles. The maximum atomic E-state index is 11.2. The highest BCUT2D eigenvalue weighted by atomic mass is 79.9. The Kier molecular flexibility index (Phi) is 3.49. The zero-order chi connectivity index (χ0) is 13.3. The Labute approximate surface area is 117 Å². The van der Waals surface area contributed by atoms with Crippen LogP contribution in [0.15, 0.2) is 28.2 Å². The van der Waals surface area contributed by atoms with Gasteiger partial charge in [-0.05, 0) is 48.0 Å². The number of nitrogens with zero attached hydrogens (tertiary/aromatic N) is 2. The second-order valence-corrected chi connectivity index (χ2v) is 6.76. The van der Waals surface area contributed by atoms with Gasteiger partial charge in [0.1, 0.15) is 11.2 Å². The lowest BCUT2D eigenvalue weighted by Gasteiger charge is -2.17. The summed E-state index contributed by atoms with van der Waals surface area (Å²) in [5.74, 6) is -0.621. The van der Waals surface area contributed by atoms with Crippen LogP contribution in [-0.2, 0) is 10.2 Å². The number of carboxylic acid groups (broad SMARTS) is 1. The molecule has 0 spiro atoms. The van der Waals surface area contributed by atoms with Crippen molar-refractivity contribution in [1.29, 1.82) is 0 Å². The molecule has 0 aromatic carbocycles. The summed E-state index contributed by atoms with van der Waals surface area (Å²) in [7, 11) is 0. The molecular weight excluding hydrogens is 316 g/mol. The highest BCUT2D eigenvalue weighted by Crippen LogP contribution is 2.31. The third-order valence-corrected chi connectivity index (χ3v) is 4.22. The molecule has 0 saturated heterocycles. The Bertz CT molecular complexity index is 595. The zero-order valence-electron chi connectivity index (χ0n) is 9.85. The van der Waals surface area contributed by atoms with E-state index in [4.69, 9.17) is 0 Å². The molecule has 2 aromatic rings. The normalized spacial score (nSPS) is 11.5. The first-order valence-corrected chi connectivity index (χ1v) is 6.85. The van der Waals surface area contributed by atoms with E-state index in [1.807, 2.05) is 12.1 Å². The summed E-state index contributed by atoms with van der Waals surface area (Å²) in [6, 6.07) is 5.65. The molecule has 0 aliphatic carbocycles. The van der Waals surface area contributed by atoms with Crippen LogP contribution < -0.4 is 0 Å². The number of halogens is 1. The van der Waals surface area contributed by atoms with E-state index in [0.29, 0.717) is 5.82 Å². The predicted octanol–water partition coefficient (Wildman–Crippen LogP) is 3.33. The SMILES string of the molecule is CC(C)(C(=O)O)c1nccc(-c2ccc(Br)s2)n1. The van der Waals surface area contributed by atoms with Gasteiger partial charge in [-0.15, -0.1) is 11.3 Å². The second-order valence-electron chi connectivity index (χ2n) is 4.30. The highest BCUT2D eigenvalue weighted by molar-refractivity contribution is 9.11. The summed E-state index contributed by atoms with van der Waals surface area (Å²) in [6.45, 7) is 3.19. The number of hydrogen-bond acceptors (Lipinski definition) is 4. The Morgan fingerprint density at radius 3 is 2.67 bits per heavy atom. The van der Waals surface area contributed by atoms with E-state index in [-0.39, 0.29) is 0 Å². The minimum Gasteiger partial charge on any atom is -0.481 e. The third kappa shape index (κ3) is 2.44. The quantitative estimate of drug-likeness (QED) is 0.939. The highest BCUT2D eigenvalue weighted by Gasteiger charge is 2.32. The summed E-state index contributed by atoms with van der Waals surface area (Å²) >= 11 is 4.94. The lowest BCUT2D eigenvalue weighted by atomic mass is 9.92. The van der Waals surface area contributed by atoms with Crippen molar-refractivity contribution in [2.75, 3.05) is 0 Å². The first kappa shape index (κ1) is 13.2. The van der Waals surface area contributed by atoms with Crippen LogP contribution in [0, 0.1) is 0 Å². The number of carboxylic acids is 1. The minimum atomic E-state index is -1.09. The fourth-order valence-corrected chi connectivity index (χ4v) is 2.70. The van der Waals surface area contributed by atoms with Crippen molar-refractivity contribution in [1.82, 2.24) is 9.97 Å². The lowest BCUT2D eigenvalue weighted by molar-refractivity contribution is -0.142. The maximum Gasteiger partial charge on any atom is 0.316 e. The molecule has 0 saturated carbocycles. The molecule has 0 amide bonds. The van der Waals surface area contributed by atoms with Gasteiger partial charge in [-0.25, -0.2) is 9.97 Å². The predicted molar refractivity (Wildman–Crippen MR) is 73.7 cm³/mol. The molecular formula is C12H11BrN2O2S. The average Bonchev–Trinajstić information content (AvgIpc) is 2.76. The molecule has 0 atom stereocenters. The maximum absolute atomic E-state index is 11.2. The van der Waals surface area contributed by atoms with Crippen molar-refractivity contribution >= 4 is 33.2 Å². The summed E-state index contributed by atoms with van der Waals surface area (Å²) < 4.78 is 1.01. The molecule has 0 radical (unpaired) electrons. The van der Waals surface area contributed by atoms with Crippen molar-refractivity contribution < 1.29 is 9.90 Å². The number of carbonyl (C=O) groups is 1. The molecule has 6 heteroatoms. The molecule has 0 fully saturated rings. The van der Waals surface area contributed by atoms with Gasteiger partial charge in [0, 0.05) is 6.20 Å². The van der Waals surface area contributed by atoms with E-state index in [0.717, 1.165) is 14.4 Å². The number of thiophene rings is 1. The number of aliphatic carboxylic acids is 1. The molecule has 0 bridgehead atoms. The number of rotatable bonds is 3. The topological polar surface area (TPSA) is 63.1 Å². The van der Waals surface area contributed by atoms with Gasteiger partial charge in [-0.2, -0.15) is 0 Å². The van der Waals surface area contributed by atoms with Crippen molar-refractivity contribution in [3.05, 3.63) is 34.0 Å². The van der Waals surface area contributed by atoms with E-state index in [9.17, 15) is 9.90 Å². The van der Waals surface area contributed by atoms with Crippen LogP contribution in [0.25, 0.3) is 10.6 Å². The molecule has 0 aliphatic rings. The lowest BCUT2D eigenvalue weighted by Crippen LogP contribution is -2.30. The Balaban J connectivity index is 2.46. The summed E-state index contributed by atoms with van der Waals surface area (Å²) in [5, 5.41) is 9.18. The smallest absolute Gasteiger partial charge is 0.316 e. The van der Waals surface area contributed by atoms with Gasteiger partial charge in [0.05, 0.1) is 14.4 Å². The van der Waals surface area contributed by atoms with Gasteiger partial charge in [0.2, 0.25) is 0 Å². The Morgan fingerprint density at radius 2 is 2.11 bits per heavy atom. The van der Waals surface area contributed by atoms with Crippen LogP contribution in [0.4, 0.5) is 0 Å². The van der Waals surface area contributed by atoms with Crippen LogP contribution in [0.1, 0.15) is 19.7 Å². The minimum absolute atomic E-state index is 0.317. The van der Waals surface area contributed by atoms with Gasteiger partial charge in [0.25, 0.3) is 0 Å². The molecule has 4 nitrogen and oxygen atoms in total. The molecule has 18 heavy (non-hydrogen) atoms. The first-order valence-electron chi connectivity index (χ1n) is 5.24. The van der Waals surface area contributed by atoms with Crippen LogP contribution in [0.3, 0.4) is 0 Å². The van der Waals surface area contributed by atoms with Gasteiger partial charge in [-0.3, -0.25) is 4.79 Å². The third-order valence-electron chi connectivity index (χ3n) is 2.57. The van der Waals surface area contributed by atoms with E-state index in [2.05, 4.69) is 25.9 Å². The summed E-state index contributed by atoms with van der Waals surface area (Å²) in [6.07, 6.45) is 1.59. The van der Waals surface area contributed by atoms with Crippen molar-refractivity contribution in [3.63, 3.8) is 0 Å². The van der Waals surface area contributed by atoms with E-state index < -0.39 is 11.4 Å². The van der Waals surface area contributed by atoms with Gasteiger partial charge in [-0.1, -0.05) is 0 Å². The fraction of sp³-hybridized carbons (Fsp3) is 0.250. The van der Waals surface area contributed by atoms with Gasteiger partial charge >= 0.3 is 5.97 Å². The molecule has 2 heterocycles. The number of hydrogen-bond donors (Lipinski definition) is 1. The average molecular weight is 327 g/mol. The monoisotopic (exact) mass is 326 g/mol. The van der Waals surface area contributed by atoms with Gasteiger partial charge < -0.3 is 5.11 Å². The largest absolute Gasteiger partial charge is 0.481 e. The van der Waals surface area contributed by atoms with Crippen molar-refractivity contribution in [2.24, 2.45) is 0 Å². The van der Waals surface area contributed by atoms with E-state index in [1.54, 1.807) is 37.4 Å². The Hall–Kier alpha value is -1.27. The molecule has 2 rings (SSSR count). The first-order chi connectivity index (χ1) is 8.41. The van der Waals surface area contributed by atoms with Crippen molar-refractivity contribution in [3.8, 4) is 10.6 Å². The van der Waals surface area contributed by atoms with Crippen molar-refractivity contribution in [2.45, 2.75) is 19.3 Å². The van der Waals surface area contributed by atoms with Crippen LogP contribution >= 0.6 is 27.3 Å². The van der Waals surface area contributed by atoms with E-state index in [1.165, 1.54) is 0 Å². The molecule has 1 N–H and O–H groups in total. The summed E-state index contributed by atoms with van der Waals surface area (Å²) in [4.78, 5) is 20.6. The fourth-order valence-electron chi connectivity index (χ4n) is 1.34. The molecule has 2 aromatic heterocycles. The van der Waals surface area contributed by atoms with Crippen LogP contribution in [0.5, 0.6) is 0 Å². The van der Waals surface area contributed by atoms with Crippen LogP contribution in [-0.4, -0.2) is 21.0 Å². The number of aromatic nitrogens is 2. The standard InChI is InChI=1S/C12H11BrN2O2S/c1-12(2,11(16)17)10-14-6-5-7(15-10)8-3-4-9(13)18-8/h3-6H,1-2H3,(H,16,17). The second kappa shape index (κ2) is 4.78. The molecule has 0 unspecified atom stereocenters. The van der Waals surface area contributed by atoms with Gasteiger partial charge in [0.15, 0.2) is 0 Å². The zero-order valence-corrected chi connectivity index (χ0v) is 12.2. The summed E-state index contributed by atoms with van der Waals surface area (Å²) in [5.41, 5.74) is -0.352. The van der Waals surface area contributed by atoms with Crippen LogP contribution in [0.2, 0.25) is 0 Å². The Morgan fingerprint density at radius 1 is 1.39 bits per heavy atom.